The van der Waals surface area contributed by atoms with Crippen molar-refractivity contribution in [2.45, 2.75) is 52.0 Å². The molecule has 1 aromatic carbocycles. The summed E-state index contributed by atoms with van der Waals surface area (Å²) >= 11 is 1.55. The molecule has 2 rings (SSSR count). The van der Waals surface area contributed by atoms with E-state index in [4.69, 9.17) is 5.11 Å². The number of aliphatic carboxylic acids is 1. The standard InChI is InChI=1S/C23H29NO3S/c1-3-4-5-6-7-11-22(25)24(2)17-18-9-8-10-19(16-18)21-14-12-20(28-21)13-15-23(26)27/h8-10,12-16H,3-7,11,17H2,1-2H3,(H,26,27)/b15-13+. The minimum atomic E-state index is -0.949. The van der Waals surface area contributed by atoms with Crippen molar-refractivity contribution < 1.29 is 14.7 Å². The summed E-state index contributed by atoms with van der Waals surface area (Å²) in [4.78, 5) is 26.8. The van der Waals surface area contributed by atoms with Gasteiger partial charge in [-0.25, -0.2) is 4.79 Å². The fourth-order valence-electron chi connectivity index (χ4n) is 3.01. The van der Waals surface area contributed by atoms with Gasteiger partial charge in [-0.05, 0) is 41.8 Å². The summed E-state index contributed by atoms with van der Waals surface area (Å²) < 4.78 is 0. The molecule has 0 aliphatic heterocycles. The third-order valence-electron chi connectivity index (χ3n) is 4.57. The molecule has 0 aliphatic carbocycles. The van der Waals surface area contributed by atoms with E-state index in [9.17, 15) is 9.59 Å². The van der Waals surface area contributed by atoms with E-state index in [1.807, 2.05) is 37.4 Å². The summed E-state index contributed by atoms with van der Waals surface area (Å²) in [6.45, 7) is 2.79. The largest absolute Gasteiger partial charge is 0.478 e. The molecule has 0 fully saturated rings. The zero-order valence-electron chi connectivity index (χ0n) is 16.7. The molecule has 2 aromatic rings. The lowest BCUT2D eigenvalue weighted by molar-refractivity contribution is -0.131. The number of rotatable bonds is 11. The number of carboxylic acid groups (broad SMARTS) is 1. The normalized spacial score (nSPS) is 11.1. The van der Waals surface area contributed by atoms with Gasteiger partial charge in [0.1, 0.15) is 0 Å². The van der Waals surface area contributed by atoms with E-state index in [1.165, 1.54) is 19.3 Å². The fraction of sp³-hybridized carbons (Fsp3) is 0.391. The summed E-state index contributed by atoms with van der Waals surface area (Å²) in [5.41, 5.74) is 2.17. The predicted molar refractivity (Wildman–Crippen MR) is 116 cm³/mol. The van der Waals surface area contributed by atoms with Crippen molar-refractivity contribution in [3.05, 3.63) is 52.9 Å². The number of carbonyl (C=O) groups excluding carboxylic acids is 1. The van der Waals surface area contributed by atoms with Crippen LogP contribution in [0.3, 0.4) is 0 Å². The van der Waals surface area contributed by atoms with Gasteiger partial charge in [-0.1, -0.05) is 50.8 Å². The molecule has 0 radical (unpaired) electrons. The molecule has 0 atom stereocenters. The van der Waals surface area contributed by atoms with Gasteiger partial charge in [-0.2, -0.15) is 0 Å². The zero-order valence-corrected chi connectivity index (χ0v) is 17.5. The number of unbranched alkanes of at least 4 members (excludes halogenated alkanes) is 4. The maximum Gasteiger partial charge on any atom is 0.328 e. The number of amides is 1. The molecule has 28 heavy (non-hydrogen) atoms. The Morgan fingerprint density at radius 2 is 1.89 bits per heavy atom. The number of carboxylic acids is 1. The van der Waals surface area contributed by atoms with Crippen LogP contribution in [-0.4, -0.2) is 28.9 Å². The predicted octanol–water partition coefficient (Wildman–Crippen LogP) is 5.83. The lowest BCUT2D eigenvalue weighted by atomic mass is 10.1. The molecule has 1 amide bonds. The smallest absolute Gasteiger partial charge is 0.328 e. The molecule has 5 heteroatoms. The highest BCUT2D eigenvalue weighted by Crippen LogP contribution is 2.29. The summed E-state index contributed by atoms with van der Waals surface area (Å²) in [7, 11) is 1.86. The molecule has 1 N–H and O–H groups in total. The second kappa shape index (κ2) is 11.4. The second-order valence-corrected chi connectivity index (χ2v) is 8.10. The molecule has 0 unspecified atom stereocenters. The topological polar surface area (TPSA) is 57.6 Å². The molecule has 0 aliphatic rings. The van der Waals surface area contributed by atoms with E-state index in [0.29, 0.717) is 13.0 Å². The molecule has 0 bridgehead atoms. The average molecular weight is 400 g/mol. The highest BCUT2D eigenvalue weighted by atomic mass is 32.1. The number of hydrogen-bond acceptors (Lipinski definition) is 3. The van der Waals surface area contributed by atoms with E-state index >= 15 is 0 Å². The summed E-state index contributed by atoms with van der Waals surface area (Å²) in [5.74, 6) is -0.755. The molecule has 150 valence electrons. The Morgan fingerprint density at radius 3 is 2.64 bits per heavy atom. The van der Waals surface area contributed by atoms with Gasteiger partial charge in [0.2, 0.25) is 5.91 Å². The van der Waals surface area contributed by atoms with Crippen LogP contribution in [0.2, 0.25) is 0 Å². The van der Waals surface area contributed by atoms with Crippen molar-refractivity contribution in [1.82, 2.24) is 4.90 Å². The van der Waals surface area contributed by atoms with Crippen LogP contribution >= 0.6 is 11.3 Å². The maximum absolute atomic E-state index is 12.3. The van der Waals surface area contributed by atoms with Crippen molar-refractivity contribution in [2.75, 3.05) is 7.05 Å². The molecule has 0 saturated carbocycles. The Morgan fingerprint density at radius 1 is 1.11 bits per heavy atom. The molecule has 0 spiro atoms. The minimum absolute atomic E-state index is 0.194. The highest BCUT2D eigenvalue weighted by Gasteiger charge is 2.10. The SMILES string of the molecule is CCCCCCCC(=O)N(C)Cc1cccc(-c2ccc(/C=C/C(=O)O)s2)c1. The van der Waals surface area contributed by atoms with Gasteiger partial charge in [-0.15, -0.1) is 11.3 Å². The van der Waals surface area contributed by atoms with Crippen molar-refractivity contribution in [3.8, 4) is 10.4 Å². The van der Waals surface area contributed by atoms with Crippen LogP contribution in [0.4, 0.5) is 0 Å². The van der Waals surface area contributed by atoms with Crippen LogP contribution in [0.15, 0.2) is 42.5 Å². The minimum Gasteiger partial charge on any atom is -0.478 e. The van der Waals surface area contributed by atoms with Gasteiger partial charge in [0.05, 0.1) is 0 Å². The number of hydrogen-bond donors (Lipinski definition) is 1. The van der Waals surface area contributed by atoms with Crippen molar-refractivity contribution in [2.24, 2.45) is 0 Å². The van der Waals surface area contributed by atoms with Crippen LogP contribution in [-0.2, 0) is 16.1 Å². The van der Waals surface area contributed by atoms with Gasteiger partial charge in [0, 0.05) is 35.8 Å². The number of thiophene rings is 1. The van der Waals surface area contributed by atoms with E-state index in [-0.39, 0.29) is 5.91 Å². The Bertz CT molecular complexity index is 810. The third kappa shape index (κ3) is 7.31. The zero-order chi connectivity index (χ0) is 20.4. The van der Waals surface area contributed by atoms with Crippen molar-refractivity contribution in [3.63, 3.8) is 0 Å². The number of nitrogens with zero attached hydrogens (tertiary/aromatic N) is 1. The highest BCUT2D eigenvalue weighted by molar-refractivity contribution is 7.16. The monoisotopic (exact) mass is 399 g/mol. The first-order valence-corrected chi connectivity index (χ1v) is 10.7. The fourth-order valence-corrected chi connectivity index (χ4v) is 3.91. The molecular formula is C23H29NO3S. The lowest BCUT2D eigenvalue weighted by Crippen LogP contribution is -2.25. The molecular weight excluding hydrogens is 370 g/mol. The quantitative estimate of drug-likeness (QED) is 0.382. The first-order chi connectivity index (χ1) is 13.5. The van der Waals surface area contributed by atoms with Crippen LogP contribution in [0.5, 0.6) is 0 Å². The summed E-state index contributed by atoms with van der Waals surface area (Å²) in [5, 5.41) is 8.74. The molecule has 4 nitrogen and oxygen atoms in total. The Kier molecular flexibility index (Phi) is 8.95. The lowest BCUT2D eigenvalue weighted by Gasteiger charge is -2.17. The average Bonchev–Trinajstić information content (AvgIpc) is 3.15. The molecule has 1 aromatic heterocycles. The van der Waals surface area contributed by atoms with Crippen LogP contribution in [0, 0.1) is 0 Å². The van der Waals surface area contributed by atoms with E-state index < -0.39 is 5.97 Å². The van der Waals surface area contributed by atoms with Gasteiger partial charge in [-0.3, -0.25) is 4.79 Å². The van der Waals surface area contributed by atoms with E-state index in [2.05, 4.69) is 13.0 Å². The number of carbonyl (C=O) groups is 2. The Balaban J connectivity index is 1.93. The first kappa shape index (κ1) is 21.9. The summed E-state index contributed by atoms with van der Waals surface area (Å²) in [6.07, 6.45) is 9.12. The van der Waals surface area contributed by atoms with Gasteiger partial charge in [0.15, 0.2) is 0 Å². The molecule has 1 heterocycles. The van der Waals surface area contributed by atoms with Crippen LogP contribution < -0.4 is 0 Å². The Hall–Kier alpha value is -2.40. The maximum atomic E-state index is 12.3. The first-order valence-electron chi connectivity index (χ1n) is 9.83. The summed E-state index contributed by atoms with van der Waals surface area (Å²) in [6, 6.07) is 12.1. The van der Waals surface area contributed by atoms with Crippen molar-refractivity contribution in [1.29, 1.82) is 0 Å². The van der Waals surface area contributed by atoms with Gasteiger partial charge in [0.25, 0.3) is 0 Å². The Labute approximate surface area is 171 Å². The van der Waals surface area contributed by atoms with Crippen molar-refractivity contribution >= 4 is 29.3 Å². The van der Waals surface area contributed by atoms with E-state index in [1.54, 1.807) is 22.3 Å². The third-order valence-corrected chi connectivity index (χ3v) is 5.67. The van der Waals surface area contributed by atoms with Crippen LogP contribution in [0.25, 0.3) is 16.5 Å². The number of benzene rings is 1. The van der Waals surface area contributed by atoms with E-state index in [0.717, 1.165) is 39.8 Å². The van der Waals surface area contributed by atoms with Crippen LogP contribution in [0.1, 0.15) is 55.9 Å². The second-order valence-electron chi connectivity index (χ2n) is 6.99. The van der Waals surface area contributed by atoms with Gasteiger partial charge >= 0.3 is 5.97 Å². The molecule has 0 saturated heterocycles. The van der Waals surface area contributed by atoms with Gasteiger partial charge < -0.3 is 10.0 Å².